The van der Waals surface area contributed by atoms with Gasteiger partial charge in [0.05, 0.1) is 0 Å². The quantitative estimate of drug-likeness (QED) is 0.688. The number of nitrogens with one attached hydrogen (secondary N) is 2. The molecule has 0 aliphatic carbocycles. The lowest BCUT2D eigenvalue weighted by atomic mass is 10.0. The van der Waals surface area contributed by atoms with Crippen LogP contribution in [0.1, 0.15) is 16.2 Å². The van der Waals surface area contributed by atoms with E-state index in [9.17, 15) is 9.90 Å². The van der Waals surface area contributed by atoms with E-state index in [-0.39, 0.29) is 24.1 Å². The summed E-state index contributed by atoms with van der Waals surface area (Å²) in [6, 6.07) is 9.00. The molecule has 0 spiro atoms. The van der Waals surface area contributed by atoms with Crippen LogP contribution in [0.15, 0.2) is 36.5 Å². The second-order valence-electron chi connectivity index (χ2n) is 4.84. The average Bonchev–Trinajstić information content (AvgIpc) is 2.59. The molecule has 0 radical (unpaired) electrons. The van der Waals surface area contributed by atoms with Crippen LogP contribution in [-0.4, -0.2) is 46.4 Å². The molecule has 0 aliphatic heterocycles. The van der Waals surface area contributed by atoms with E-state index in [0.717, 1.165) is 5.69 Å². The second kappa shape index (κ2) is 8.04. The lowest BCUT2D eigenvalue weighted by molar-refractivity contribution is 0.0957. The number of carbonyl (C=O) groups is 1. The molecule has 0 bridgehead atoms. The van der Waals surface area contributed by atoms with Gasteiger partial charge in [-0.15, -0.1) is 10.2 Å². The van der Waals surface area contributed by atoms with E-state index < -0.39 is 0 Å². The molecular formula is C15H19N5O2. The van der Waals surface area contributed by atoms with Crippen molar-refractivity contribution in [2.45, 2.75) is 6.42 Å². The van der Waals surface area contributed by atoms with Crippen molar-refractivity contribution in [3.8, 4) is 0 Å². The number of rotatable bonds is 7. The maximum atomic E-state index is 11.4. The number of carbonyl (C=O) groups excluding carboxylic acids is 1. The van der Waals surface area contributed by atoms with Crippen LogP contribution in [0.4, 0.5) is 5.82 Å². The first-order valence-electron chi connectivity index (χ1n) is 7.03. The first kappa shape index (κ1) is 15.8. The number of aliphatic hydroxyl groups excluding tert-OH is 1. The van der Waals surface area contributed by atoms with Gasteiger partial charge in [0.1, 0.15) is 5.82 Å². The summed E-state index contributed by atoms with van der Waals surface area (Å²) in [6.07, 6.45) is 2.41. The highest BCUT2D eigenvalue weighted by atomic mass is 16.3. The van der Waals surface area contributed by atoms with E-state index in [2.05, 4.69) is 25.8 Å². The summed E-state index contributed by atoms with van der Waals surface area (Å²) in [7, 11) is 1.54. The fraction of sp³-hybridized carbons (Fsp3) is 0.333. The fourth-order valence-electron chi connectivity index (χ4n) is 1.94. The second-order valence-corrected chi connectivity index (χ2v) is 4.84. The normalized spacial score (nSPS) is 11.7. The Labute approximate surface area is 128 Å². The summed E-state index contributed by atoms with van der Waals surface area (Å²) in [5.41, 5.74) is 1.20. The highest BCUT2D eigenvalue weighted by molar-refractivity contribution is 5.91. The molecule has 7 heteroatoms. The zero-order valence-electron chi connectivity index (χ0n) is 12.4. The van der Waals surface area contributed by atoms with Crippen LogP contribution >= 0.6 is 0 Å². The minimum absolute atomic E-state index is 0.0234. The average molecular weight is 301 g/mol. The molecule has 0 saturated carbocycles. The van der Waals surface area contributed by atoms with Crippen LogP contribution in [0.5, 0.6) is 0 Å². The number of hydrogen-bond donors (Lipinski definition) is 3. The van der Waals surface area contributed by atoms with Crippen LogP contribution in [0.3, 0.4) is 0 Å². The summed E-state index contributed by atoms with van der Waals surface area (Å²) >= 11 is 0. The molecule has 2 aromatic heterocycles. The van der Waals surface area contributed by atoms with E-state index in [1.165, 1.54) is 0 Å². The Morgan fingerprint density at radius 1 is 1.27 bits per heavy atom. The molecule has 7 nitrogen and oxygen atoms in total. The third kappa shape index (κ3) is 4.49. The number of aliphatic hydroxyl groups is 1. The summed E-state index contributed by atoms with van der Waals surface area (Å²) in [5, 5.41) is 22.8. The number of nitrogens with zero attached hydrogens (tertiary/aromatic N) is 3. The molecule has 2 aromatic rings. The van der Waals surface area contributed by atoms with Crippen LogP contribution in [0, 0.1) is 5.92 Å². The SMILES string of the molecule is CNC(=O)c1ccc(NCC(CO)Cc2ccccn2)nn1. The number of hydrogen-bond acceptors (Lipinski definition) is 6. The summed E-state index contributed by atoms with van der Waals surface area (Å²) < 4.78 is 0. The van der Waals surface area contributed by atoms with Gasteiger partial charge in [0.15, 0.2) is 5.69 Å². The van der Waals surface area contributed by atoms with Gasteiger partial charge in [-0.1, -0.05) is 6.07 Å². The third-order valence-electron chi connectivity index (χ3n) is 3.18. The van der Waals surface area contributed by atoms with Crippen molar-refractivity contribution in [3.63, 3.8) is 0 Å². The van der Waals surface area contributed by atoms with Gasteiger partial charge in [-0.3, -0.25) is 9.78 Å². The lowest BCUT2D eigenvalue weighted by Crippen LogP contribution is -2.22. The number of anilines is 1. The number of pyridine rings is 1. The maximum absolute atomic E-state index is 11.4. The number of amides is 1. The summed E-state index contributed by atoms with van der Waals surface area (Å²) in [4.78, 5) is 15.6. The smallest absolute Gasteiger partial charge is 0.271 e. The first-order valence-corrected chi connectivity index (χ1v) is 7.03. The minimum atomic E-state index is -0.276. The van der Waals surface area contributed by atoms with Crippen molar-refractivity contribution in [1.29, 1.82) is 0 Å². The molecule has 22 heavy (non-hydrogen) atoms. The standard InChI is InChI=1S/C15H19N5O2/c1-16-15(22)13-5-6-14(20-19-13)18-9-11(10-21)8-12-4-2-3-7-17-12/h2-7,11,21H,8-10H2,1H3,(H,16,22)(H,18,20). The van der Waals surface area contributed by atoms with Crippen molar-refractivity contribution in [2.75, 3.05) is 25.5 Å². The monoisotopic (exact) mass is 301 g/mol. The minimum Gasteiger partial charge on any atom is -0.396 e. The molecule has 0 saturated heterocycles. The zero-order chi connectivity index (χ0) is 15.8. The maximum Gasteiger partial charge on any atom is 0.271 e. The predicted octanol–water partition coefficient (Wildman–Crippen LogP) is 0.494. The Kier molecular flexibility index (Phi) is 5.79. The molecule has 2 rings (SSSR count). The van der Waals surface area contributed by atoms with Crippen LogP contribution in [-0.2, 0) is 6.42 Å². The molecule has 1 amide bonds. The largest absolute Gasteiger partial charge is 0.396 e. The summed E-state index contributed by atoms with van der Waals surface area (Å²) in [5.74, 6) is 0.310. The van der Waals surface area contributed by atoms with E-state index in [1.54, 1.807) is 25.4 Å². The van der Waals surface area contributed by atoms with E-state index in [1.807, 2.05) is 18.2 Å². The van der Waals surface area contributed by atoms with Crippen LogP contribution < -0.4 is 10.6 Å². The zero-order valence-corrected chi connectivity index (χ0v) is 12.4. The van der Waals surface area contributed by atoms with Crippen molar-refractivity contribution in [2.24, 2.45) is 5.92 Å². The van der Waals surface area contributed by atoms with Crippen molar-refractivity contribution < 1.29 is 9.90 Å². The lowest BCUT2D eigenvalue weighted by Gasteiger charge is -2.14. The van der Waals surface area contributed by atoms with Gasteiger partial charge in [-0.2, -0.15) is 0 Å². The van der Waals surface area contributed by atoms with Crippen molar-refractivity contribution >= 4 is 11.7 Å². The van der Waals surface area contributed by atoms with E-state index in [4.69, 9.17) is 0 Å². The van der Waals surface area contributed by atoms with Crippen molar-refractivity contribution in [3.05, 3.63) is 47.9 Å². The molecule has 3 N–H and O–H groups in total. The molecule has 0 aromatic carbocycles. The highest BCUT2D eigenvalue weighted by Crippen LogP contribution is 2.08. The molecule has 116 valence electrons. The van der Waals surface area contributed by atoms with Gasteiger partial charge in [0.2, 0.25) is 0 Å². The molecule has 0 aliphatic rings. The highest BCUT2D eigenvalue weighted by Gasteiger charge is 2.10. The predicted molar refractivity (Wildman–Crippen MR) is 82.4 cm³/mol. The van der Waals surface area contributed by atoms with Crippen molar-refractivity contribution in [1.82, 2.24) is 20.5 Å². The Morgan fingerprint density at radius 3 is 2.73 bits per heavy atom. The summed E-state index contributed by atoms with van der Waals surface area (Å²) in [6.45, 7) is 0.592. The van der Waals surface area contributed by atoms with Gasteiger partial charge < -0.3 is 15.7 Å². The van der Waals surface area contributed by atoms with Gasteiger partial charge >= 0.3 is 0 Å². The fourth-order valence-corrected chi connectivity index (χ4v) is 1.94. The Bertz CT molecular complexity index is 589. The van der Waals surface area contributed by atoms with Gasteiger partial charge in [0.25, 0.3) is 5.91 Å². The molecular weight excluding hydrogens is 282 g/mol. The van der Waals surface area contributed by atoms with Crippen LogP contribution in [0.2, 0.25) is 0 Å². The topological polar surface area (TPSA) is 100 Å². The Morgan fingerprint density at radius 2 is 2.14 bits per heavy atom. The Balaban J connectivity index is 1.89. The van der Waals surface area contributed by atoms with E-state index in [0.29, 0.717) is 18.8 Å². The van der Waals surface area contributed by atoms with Gasteiger partial charge in [-0.25, -0.2) is 0 Å². The van der Waals surface area contributed by atoms with Gasteiger partial charge in [0, 0.05) is 38.0 Å². The molecule has 0 fully saturated rings. The molecule has 1 unspecified atom stereocenters. The van der Waals surface area contributed by atoms with Crippen LogP contribution in [0.25, 0.3) is 0 Å². The molecule has 2 heterocycles. The first-order chi connectivity index (χ1) is 10.7. The Hall–Kier alpha value is -2.54. The number of aromatic nitrogens is 3. The molecule has 1 atom stereocenters. The third-order valence-corrected chi connectivity index (χ3v) is 3.18. The van der Waals surface area contributed by atoms with E-state index >= 15 is 0 Å². The van der Waals surface area contributed by atoms with Gasteiger partial charge in [-0.05, 0) is 30.7 Å².